The molecule has 0 aliphatic carbocycles. The smallest absolute Gasteiger partial charge is 0.236 e. The molecule has 2 heterocycles. The van der Waals surface area contributed by atoms with Gasteiger partial charge in [-0.2, -0.15) is 5.10 Å². The van der Waals surface area contributed by atoms with E-state index in [9.17, 15) is 4.79 Å². The van der Waals surface area contributed by atoms with Crippen molar-refractivity contribution in [2.24, 2.45) is 7.05 Å². The monoisotopic (exact) mass is 402 g/mol. The Labute approximate surface area is 171 Å². The molecule has 1 aliphatic heterocycles. The van der Waals surface area contributed by atoms with Crippen LogP contribution in [0.3, 0.4) is 0 Å². The van der Waals surface area contributed by atoms with Crippen molar-refractivity contribution in [3.05, 3.63) is 41.7 Å². The van der Waals surface area contributed by atoms with E-state index in [4.69, 9.17) is 14.2 Å². The van der Waals surface area contributed by atoms with Gasteiger partial charge in [0.05, 0.1) is 32.6 Å². The number of aromatic nitrogens is 2. The summed E-state index contributed by atoms with van der Waals surface area (Å²) in [4.78, 5) is 15.7. The van der Waals surface area contributed by atoms with Gasteiger partial charge in [0, 0.05) is 46.3 Å². The van der Waals surface area contributed by atoms with Gasteiger partial charge in [0.15, 0.2) is 0 Å². The third-order valence-electron chi connectivity index (χ3n) is 5.02. The molecule has 0 unspecified atom stereocenters. The summed E-state index contributed by atoms with van der Waals surface area (Å²) >= 11 is 0. The highest BCUT2D eigenvalue weighted by atomic mass is 16.5. The molecule has 1 fully saturated rings. The Morgan fingerprint density at radius 1 is 1.28 bits per heavy atom. The molecule has 1 atom stereocenters. The lowest BCUT2D eigenvalue weighted by atomic mass is 10.2. The Bertz CT molecular complexity index is 804. The van der Waals surface area contributed by atoms with E-state index < -0.39 is 0 Å². The van der Waals surface area contributed by atoms with E-state index >= 15 is 0 Å². The fourth-order valence-corrected chi connectivity index (χ4v) is 3.22. The molecular formula is C21H30N4O4. The maximum Gasteiger partial charge on any atom is 0.236 e. The first-order valence-electron chi connectivity index (χ1n) is 9.80. The van der Waals surface area contributed by atoms with E-state index in [2.05, 4.69) is 16.1 Å². The molecule has 0 bridgehead atoms. The number of amides is 1. The molecule has 1 aliphatic rings. The molecule has 1 saturated heterocycles. The van der Waals surface area contributed by atoms with E-state index in [1.54, 1.807) is 26.1 Å². The van der Waals surface area contributed by atoms with Crippen LogP contribution in [0.25, 0.3) is 0 Å². The molecule has 158 valence electrons. The highest BCUT2D eigenvalue weighted by molar-refractivity contribution is 5.77. The van der Waals surface area contributed by atoms with Gasteiger partial charge in [0.2, 0.25) is 5.91 Å². The minimum atomic E-state index is -0.124. The molecule has 3 rings (SSSR count). The van der Waals surface area contributed by atoms with Crippen molar-refractivity contribution in [1.82, 2.24) is 19.6 Å². The van der Waals surface area contributed by atoms with Crippen molar-refractivity contribution in [1.29, 1.82) is 0 Å². The van der Waals surface area contributed by atoms with Crippen molar-refractivity contribution in [3.8, 4) is 11.5 Å². The quantitative estimate of drug-likeness (QED) is 0.667. The summed E-state index contributed by atoms with van der Waals surface area (Å²) in [5.74, 6) is 1.72. The summed E-state index contributed by atoms with van der Waals surface area (Å²) in [7, 11) is 7.13. The number of carbonyl (C=O) groups excluding carboxylic acids is 1. The average Bonchev–Trinajstić information content (AvgIpc) is 3.09. The number of hydrogen-bond acceptors (Lipinski definition) is 6. The largest absolute Gasteiger partial charge is 0.497 e. The van der Waals surface area contributed by atoms with Gasteiger partial charge in [-0.1, -0.05) is 0 Å². The summed E-state index contributed by atoms with van der Waals surface area (Å²) in [5.41, 5.74) is 1.98. The first kappa shape index (κ1) is 21.1. The lowest BCUT2D eigenvalue weighted by molar-refractivity contribution is -0.132. The third-order valence-corrected chi connectivity index (χ3v) is 5.02. The van der Waals surface area contributed by atoms with Gasteiger partial charge in [-0.05, 0) is 30.3 Å². The van der Waals surface area contributed by atoms with Crippen LogP contribution in [0, 0.1) is 0 Å². The highest BCUT2D eigenvalue weighted by Crippen LogP contribution is 2.22. The van der Waals surface area contributed by atoms with Crippen LogP contribution in [0.2, 0.25) is 0 Å². The van der Waals surface area contributed by atoms with Gasteiger partial charge in [-0.15, -0.1) is 0 Å². The van der Waals surface area contributed by atoms with Gasteiger partial charge >= 0.3 is 0 Å². The molecule has 8 heteroatoms. The lowest BCUT2D eigenvalue weighted by Gasteiger charge is -2.32. The van der Waals surface area contributed by atoms with Crippen LogP contribution >= 0.6 is 0 Å². The zero-order valence-electron chi connectivity index (χ0n) is 17.6. The number of likely N-dealkylation sites (N-methyl/N-ethyl adjacent to an activating group) is 1. The molecule has 1 amide bonds. The SMILES string of the molecule is COc1ccc(OCCc2cc([C@@H]3CN(CC(=O)N(C)C)CCO3)nn2C)cc1. The fourth-order valence-electron chi connectivity index (χ4n) is 3.22. The van der Waals surface area contributed by atoms with Crippen LogP contribution in [0.1, 0.15) is 17.5 Å². The van der Waals surface area contributed by atoms with E-state index in [0.29, 0.717) is 26.3 Å². The Balaban J connectivity index is 1.54. The normalized spacial score (nSPS) is 17.2. The predicted octanol–water partition coefficient (Wildman–Crippen LogP) is 1.51. The first-order chi connectivity index (χ1) is 14.0. The maximum atomic E-state index is 12.0. The van der Waals surface area contributed by atoms with E-state index in [1.807, 2.05) is 36.0 Å². The predicted molar refractivity (Wildman–Crippen MR) is 109 cm³/mol. The second-order valence-corrected chi connectivity index (χ2v) is 7.34. The van der Waals surface area contributed by atoms with Crippen LogP contribution in [-0.2, 0) is 23.0 Å². The Hall–Kier alpha value is -2.58. The van der Waals surface area contributed by atoms with E-state index in [-0.39, 0.29) is 12.0 Å². The minimum absolute atomic E-state index is 0.100. The molecule has 1 aromatic carbocycles. The van der Waals surface area contributed by atoms with Gasteiger partial charge in [-0.3, -0.25) is 14.4 Å². The summed E-state index contributed by atoms with van der Waals surface area (Å²) < 4.78 is 18.8. The van der Waals surface area contributed by atoms with E-state index in [1.165, 1.54) is 0 Å². The zero-order valence-corrected chi connectivity index (χ0v) is 17.6. The first-order valence-corrected chi connectivity index (χ1v) is 9.80. The summed E-state index contributed by atoms with van der Waals surface area (Å²) in [5, 5.41) is 4.63. The standard InChI is InChI=1S/C21H30N4O4/c1-23(2)21(26)15-25-10-12-29-20(14-25)19-13-16(24(3)22-19)9-11-28-18-7-5-17(27-4)6-8-18/h5-8,13,20H,9-12,14-15H2,1-4H3/t20-/m0/s1. The number of methoxy groups -OCH3 is 1. The number of hydrogen-bond donors (Lipinski definition) is 0. The number of carbonyl (C=O) groups is 1. The van der Waals surface area contributed by atoms with Crippen LogP contribution in [0.5, 0.6) is 11.5 Å². The van der Waals surface area contributed by atoms with Gasteiger partial charge in [0.1, 0.15) is 17.6 Å². The summed E-state index contributed by atoms with van der Waals surface area (Å²) in [6.45, 7) is 2.98. The number of ether oxygens (including phenoxy) is 3. The van der Waals surface area contributed by atoms with Crippen molar-refractivity contribution in [2.75, 3.05) is 54.1 Å². The summed E-state index contributed by atoms with van der Waals surface area (Å²) in [6, 6.07) is 9.62. The fraction of sp³-hybridized carbons (Fsp3) is 0.524. The Morgan fingerprint density at radius 2 is 2.00 bits per heavy atom. The Kier molecular flexibility index (Phi) is 7.11. The van der Waals surface area contributed by atoms with E-state index in [0.717, 1.165) is 35.9 Å². The molecule has 0 radical (unpaired) electrons. The molecule has 0 N–H and O–H groups in total. The zero-order chi connectivity index (χ0) is 20.8. The molecule has 0 saturated carbocycles. The molecule has 2 aromatic rings. The van der Waals surface area contributed by atoms with Crippen molar-refractivity contribution in [2.45, 2.75) is 12.5 Å². The molecule has 0 spiro atoms. The second kappa shape index (κ2) is 9.76. The number of aryl methyl sites for hydroxylation is 1. The number of morpholine rings is 1. The van der Waals surface area contributed by atoms with Crippen molar-refractivity contribution >= 4 is 5.91 Å². The molecule has 8 nitrogen and oxygen atoms in total. The topological polar surface area (TPSA) is 69.1 Å². The molecule has 29 heavy (non-hydrogen) atoms. The van der Waals surface area contributed by atoms with Crippen molar-refractivity contribution < 1.29 is 19.0 Å². The number of rotatable bonds is 8. The summed E-state index contributed by atoms with van der Waals surface area (Å²) in [6.07, 6.45) is 0.617. The van der Waals surface area contributed by atoms with Gasteiger partial charge in [0.25, 0.3) is 0 Å². The van der Waals surface area contributed by atoms with Crippen LogP contribution in [0.4, 0.5) is 0 Å². The second-order valence-electron chi connectivity index (χ2n) is 7.34. The lowest BCUT2D eigenvalue weighted by Crippen LogP contribution is -2.44. The van der Waals surface area contributed by atoms with Crippen LogP contribution in [-0.4, -0.2) is 79.5 Å². The molecule has 1 aromatic heterocycles. The van der Waals surface area contributed by atoms with Crippen molar-refractivity contribution in [3.63, 3.8) is 0 Å². The van der Waals surface area contributed by atoms with Crippen LogP contribution < -0.4 is 9.47 Å². The highest BCUT2D eigenvalue weighted by Gasteiger charge is 2.26. The number of nitrogens with zero attached hydrogens (tertiary/aromatic N) is 4. The van der Waals surface area contributed by atoms with Gasteiger partial charge < -0.3 is 19.1 Å². The Morgan fingerprint density at radius 3 is 2.69 bits per heavy atom. The minimum Gasteiger partial charge on any atom is -0.497 e. The average molecular weight is 402 g/mol. The number of benzene rings is 1. The van der Waals surface area contributed by atoms with Gasteiger partial charge in [-0.25, -0.2) is 0 Å². The third kappa shape index (κ3) is 5.71. The maximum absolute atomic E-state index is 12.0. The molecular weight excluding hydrogens is 372 g/mol. The van der Waals surface area contributed by atoms with Crippen LogP contribution in [0.15, 0.2) is 30.3 Å².